The van der Waals surface area contributed by atoms with Gasteiger partial charge >= 0.3 is 0 Å². The first-order chi connectivity index (χ1) is 9.86. The first kappa shape index (κ1) is 16.0. The summed E-state index contributed by atoms with van der Waals surface area (Å²) in [7, 11) is 0. The number of nitrogens with zero attached hydrogens (tertiary/aromatic N) is 3. The monoisotopic (exact) mass is 293 g/mol. The van der Waals surface area contributed by atoms with Crippen LogP contribution in [0.15, 0.2) is 6.20 Å². The molecule has 0 radical (unpaired) electrons. The van der Waals surface area contributed by atoms with Crippen molar-refractivity contribution in [2.45, 2.75) is 47.1 Å². The minimum Gasteiger partial charge on any atom is -0.396 e. The molecular weight excluding hydrogens is 266 g/mol. The van der Waals surface area contributed by atoms with Gasteiger partial charge in [0.15, 0.2) is 0 Å². The third kappa shape index (κ3) is 3.46. The first-order valence-electron chi connectivity index (χ1n) is 7.79. The van der Waals surface area contributed by atoms with Crippen LogP contribution >= 0.6 is 0 Å². The first-order valence-corrected chi connectivity index (χ1v) is 7.79. The Morgan fingerprint density at radius 2 is 2.24 bits per heavy atom. The molecule has 118 valence electrons. The van der Waals surface area contributed by atoms with Gasteiger partial charge in [-0.25, -0.2) is 0 Å². The highest BCUT2D eigenvalue weighted by atomic mass is 16.3. The van der Waals surface area contributed by atoms with Crippen LogP contribution in [0.5, 0.6) is 0 Å². The van der Waals surface area contributed by atoms with Crippen molar-refractivity contribution in [3.05, 3.63) is 17.5 Å². The van der Waals surface area contributed by atoms with E-state index in [4.69, 9.17) is 0 Å². The molecular formula is C16H27N3O2. The Morgan fingerprint density at radius 3 is 2.86 bits per heavy atom. The molecule has 21 heavy (non-hydrogen) atoms. The van der Waals surface area contributed by atoms with Gasteiger partial charge in [0.05, 0.1) is 18.4 Å². The van der Waals surface area contributed by atoms with Crippen molar-refractivity contribution in [2.24, 2.45) is 11.3 Å². The molecule has 0 aliphatic carbocycles. The minimum absolute atomic E-state index is 0.0434. The largest absolute Gasteiger partial charge is 0.396 e. The highest BCUT2D eigenvalue weighted by Gasteiger charge is 2.33. The highest BCUT2D eigenvalue weighted by Crippen LogP contribution is 2.29. The molecule has 1 N–H and O–H groups in total. The summed E-state index contributed by atoms with van der Waals surface area (Å²) in [5.74, 6) is 0.543. The lowest BCUT2D eigenvalue weighted by Crippen LogP contribution is -2.46. The number of hydrogen-bond acceptors (Lipinski definition) is 3. The van der Waals surface area contributed by atoms with Crippen LogP contribution < -0.4 is 0 Å². The normalized spacial score (nSPS) is 22.9. The number of likely N-dealkylation sites (tertiary alicyclic amines) is 1. The third-order valence-electron chi connectivity index (χ3n) is 4.32. The molecule has 0 saturated carbocycles. The lowest BCUT2D eigenvalue weighted by atomic mass is 9.82. The molecule has 1 aromatic heterocycles. The predicted octanol–water partition coefficient (Wildman–Crippen LogP) is 2.08. The minimum atomic E-state index is -0.171. The lowest BCUT2D eigenvalue weighted by Gasteiger charge is -2.39. The van der Waals surface area contributed by atoms with Crippen LogP contribution in [-0.4, -0.2) is 45.4 Å². The van der Waals surface area contributed by atoms with E-state index in [1.54, 1.807) is 6.20 Å². The summed E-state index contributed by atoms with van der Waals surface area (Å²) in [5, 5.41) is 13.9. The number of hydrogen-bond donors (Lipinski definition) is 1. The molecule has 0 spiro atoms. The topological polar surface area (TPSA) is 58.4 Å². The van der Waals surface area contributed by atoms with Gasteiger partial charge in [0, 0.05) is 30.7 Å². The Kier molecular flexibility index (Phi) is 4.71. The van der Waals surface area contributed by atoms with E-state index < -0.39 is 0 Å². The Morgan fingerprint density at radius 1 is 1.52 bits per heavy atom. The Hall–Kier alpha value is -1.36. The molecule has 1 unspecified atom stereocenters. The smallest absolute Gasteiger partial charge is 0.257 e. The summed E-state index contributed by atoms with van der Waals surface area (Å²) < 4.78 is 1.91. The van der Waals surface area contributed by atoms with Gasteiger partial charge in [-0.1, -0.05) is 20.8 Å². The number of rotatable bonds is 4. The summed E-state index contributed by atoms with van der Waals surface area (Å²) in [6.45, 7) is 10.6. The number of carbonyl (C=O) groups is 1. The molecule has 2 heterocycles. The fourth-order valence-electron chi connectivity index (χ4n) is 2.97. The van der Waals surface area contributed by atoms with Crippen molar-refractivity contribution in [3.63, 3.8) is 0 Å². The lowest BCUT2D eigenvalue weighted by molar-refractivity contribution is 0.0357. The Labute approximate surface area is 126 Å². The number of aliphatic hydroxyl groups is 1. The molecule has 1 aliphatic rings. The van der Waals surface area contributed by atoms with Crippen LogP contribution in [0.2, 0.25) is 0 Å². The van der Waals surface area contributed by atoms with Gasteiger partial charge in [-0.3, -0.25) is 9.48 Å². The van der Waals surface area contributed by atoms with E-state index in [1.807, 2.05) is 23.4 Å². The van der Waals surface area contributed by atoms with E-state index in [-0.39, 0.29) is 17.9 Å². The zero-order valence-corrected chi connectivity index (χ0v) is 13.6. The van der Waals surface area contributed by atoms with Gasteiger partial charge in [-0.15, -0.1) is 0 Å². The van der Waals surface area contributed by atoms with Gasteiger partial charge in [-0.05, 0) is 25.7 Å². The maximum Gasteiger partial charge on any atom is 0.257 e. The van der Waals surface area contributed by atoms with E-state index in [0.717, 1.165) is 31.6 Å². The molecule has 1 atom stereocenters. The molecule has 1 aromatic rings. The zero-order valence-electron chi connectivity index (χ0n) is 13.6. The van der Waals surface area contributed by atoms with Gasteiger partial charge in [-0.2, -0.15) is 5.10 Å². The standard InChI is InChI=1S/C16H27N3O2/c1-12(2)9-19-13(3)14(8-17-19)15(21)18-7-5-6-16(4,10-18)11-20/h8,12,20H,5-7,9-11H2,1-4H3. The van der Waals surface area contributed by atoms with Gasteiger partial charge < -0.3 is 10.0 Å². The molecule has 1 saturated heterocycles. The molecule has 1 fully saturated rings. The van der Waals surface area contributed by atoms with Crippen LogP contribution in [0.3, 0.4) is 0 Å². The van der Waals surface area contributed by atoms with Crippen LogP contribution in [0.4, 0.5) is 0 Å². The summed E-state index contributed by atoms with van der Waals surface area (Å²) in [5.41, 5.74) is 1.46. The molecule has 2 rings (SSSR count). The molecule has 0 bridgehead atoms. The SMILES string of the molecule is Cc1c(C(=O)N2CCCC(C)(CO)C2)cnn1CC(C)C. The summed E-state index contributed by atoms with van der Waals surface area (Å²) in [6, 6.07) is 0. The van der Waals surface area contributed by atoms with Gasteiger partial charge in [0.25, 0.3) is 5.91 Å². The number of aliphatic hydroxyl groups excluding tert-OH is 1. The Bertz CT molecular complexity index is 510. The van der Waals surface area contributed by atoms with E-state index in [2.05, 4.69) is 18.9 Å². The zero-order chi connectivity index (χ0) is 15.6. The van der Waals surface area contributed by atoms with Gasteiger partial charge in [0.1, 0.15) is 0 Å². The average Bonchev–Trinajstić information content (AvgIpc) is 2.79. The van der Waals surface area contributed by atoms with Gasteiger partial charge in [0.2, 0.25) is 0 Å². The number of carbonyl (C=O) groups excluding carboxylic acids is 1. The summed E-state index contributed by atoms with van der Waals surface area (Å²) >= 11 is 0. The van der Waals surface area contributed by atoms with Crippen molar-refractivity contribution in [3.8, 4) is 0 Å². The second-order valence-electron chi connectivity index (χ2n) is 7.02. The third-order valence-corrected chi connectivity index (χ3v) is 4.32. The van der Waals surface area contributed by atoms with E-state index in [1.165, 1.54) is 0 Å². The maximum atomic E-state index is 12.7. The average molecular weight is 293 g/mol. The second kappa shape index (κ2) is 6.18. The van der Waals surface area contributed by atoms with E-state index in [9.17, 15) is 9.90 Å². The Balaban J connectivity index is 2.15. The molecule has 0 aromatic carbocycles. The van der Waals surface area contributed by atoms with Crippen LogP contribution in [-0.2, 0) is 6.54 Å². The molecule has 1 amide bonds. The van der Waals surface area contributed by atoms with Crippen molar-refractivity contribution >= 4 is 5.91 Å². The molecule has 5 heteroatoms. The van der Waals surface area contributed by atoms with Crippen molar-refractivity contribution in [1.29, 1.82) is 0 Å². The van der Waals surface area contributed by atoms with Crippen molar-refractivity contribution in [2.75, 3.05) is 19.7 Å². The predicted molar refractivity (Wildman–Crippen MR) is 82.1 cm³/mol. The van der Waals surface area contributed by atoms with E-state index >= 15 is 0 Å². The quantitative estimate of drug-likeness (QED) is 0.924. The summed E-state index contributed by atoms with van der Waals surface area (Å²) in [4.78, 5) is 14.6. The number of piperidine rings is 1. The van der Waals surface area contributed by atoms with Crippen LogP contribution in [0.1, 0.15) is 49.7 Å². The van der Waals surface area contributed by atoms with Crippen LogP contribution in [0.25, 0.3) is 0 Å². The molecule has 1 aliphatic heterocycles. The highest BCUT2D eigenvalue weighted by molar-refractivity contribution is 5.95. The van der Waals surface area contributed by atoms with Crippen LogP contribution in [0, 0.1) is 18.3 Å². The van der Waals surface area contributed by atoms with Crippen molar-refractivity contribution < 1.29 is 9.90 Å². The second-order valence-corrected chi connectivity index (χ2v) is 7.02. The fourth-order valence-corrected chi connectivity index (χ4v) is 2.97. The molecule has 5 nitrogen and oxygen atoms in total. The number of amides is 1. The number of aromatic nitrogens is 2. The fraction of sp³-hybridized carbons (Fsp3) is 0.750. The summed E-state index contributed by atoms with van der Waals surface area (Å²) in [6.07, 6.45) is 3.60. The van der Waals surface area contributed by atoms with E-state index in [0.29, 0.717) is 18.0 Å². The maximum absolute atomic E-state index is 12.7. The van der Waals surface area contributed by atoms with Crippen molar-refractivity contribution in [1.82, 2.24) is 14.7 Å².